The number of nitrogens with zero attached hydrogens (tertiary/aromatic N) is 3. The molecule has 4 nitrogen and oxygen atoms in total. The zero-order valence-electron chi connectivity index (χ0n) is 17.0. The second-order valence-corrected chi connectivity index (χ2v) is 9.29. The Balaban J connectivity index is 2.13. The van der Waals surface area contributed by atoms with Crippen molar-refractivity contribution in [3.63, 3.8) is 0 Å². The number of imidazole rings is 1. The molecule has 1 aromatic heterocycles. The molecule has 1 heterocycles. The third-order valence-electron chi connectivity index (χ3n) is 5.05. The first-order chi connectivity index (χ1) is 14.9. The fourth-order valence-corrected chi connectivity index (χ4v) is 4.25. The average Bonchev–Trinajstić information content (AvgIpc) is 3.08. The molecule has 0 fully saturated rings. The van der Waals surface area contributed by atoms with Crippen molar-refractivity contribution in [2.45, 2.75) is 19.8 Å². The first-order valence-electron chi connectivity index (χ1n) is 9.78. The summed E-state index contributed by atoms with van der Waals surface area (Å²) in [6, 6.07) is 22.9. The first kappa shape index (κ1) is 21.4. The molecule has 0 saturated heterocycles. The van der Waals surface area contributed by atoms with Crippen LogP contribution in [0, 0.1) is 6.57 Å². The predicted molar refractivity (Wildman–Crippen MR) is 133 cm³/mol. The summed E-state index contributed by atoms with van der Waals surface area (Å²) in [6.07, 6.45) is 0. The molecule has 4 rings (SSSR count). The van der Waals surface area contributed by atoms with Crippen molar-refractivity contribution in [2.75, 3.05) is 0 Å². The molecule has 154 valence electrons. The summed E-state index contributed by atoms with van der Waals surface area (Å²) >= 11 is 6.95. The van der Waals surface area contributed by atoms with Crippen molar-refractivity contribution in [3.05, 3.63) is 109 Å². The van der Waals surface area contributed by atoms with Gasteiger partial charge in [-0.1, -0.05) is 63.9 Å². The minimum Gasteiger partial charge on any atom is -0.264 e. The van der Waals surface area contributed by atoms with Gasteiger partial charge in [-0.25, -0.2) is 9.64 Å². The maximum absolute atomic E-state index is 13.9. The summed E-state index contributed by atoms with van der Waals surface area (Å²) in [7, 11) is 0. The Hall–Kier alpha value is -2.88. The SMILES string of the molecule is [C-]#[N+]c1cccc(-c2c(C(C)C)n(-c3ccc(Br)cc3)c(=O)n2-c2ccc(Br)cc2)c1. The molecule has 3 aromatic carbocycles. The summed E-state index contributed by atoms with van der Waals surface area (Å²) in [6.45, 7) is 11.6. The second-order valence-electron chi connectivity index (χ2n) is 7.46. The topological polar surface area (TPSA) is 31.3 Å². The van der Waals surface area contributed by atoms with Crippen LogP contribution in [0.25, 0.3) is 27.5 Å². The number of benzene rings is 3. The summed E-state index contributed by atoms with van der Waals surface area (Å²) in [5.74, 6) is 0.0691. The third-order valence-corrected chi connectivity index (χ3v) is 6.11. The van der Waals surface area contributed by atoms with Crippen LogP contribution in [0.1, 0.15) is 25.5 Å². The Bertz CT molecular complexity index is 1340. The summed E-state index contributed by atoms with van der Waals surface area (Å²) < 4.78 is 5.41. The number of aromatic nitrogens is 2. The minimum absolute atomic E-state index is 0.0691. The van der Waals surface area contributed by atoms with Crippen molar-refractivity contribution >= 4 is 37.5 Å². The highest BCUT2D eigenvalue weighted by Crippen LogP contribution is 2.34. The normalized spacial score (nSPS) is 11.0. The lowest BCUT2D eigenvalue weighted by atomic mass is 10.0. The van der Waals surface area contributed by atoms with Gasteiger partial charge < -0.3 is 0 Å². The molecule has 0 saturated carbocycles. The quantitative estimate of drug-likeness (QED) is 0.248. The highest BCUT2D eigenvalue weighted by Gasteiger charge is 2.25. The highest BCUT2D eigenvalue weighted by molar-refractivity contribution is 9.10. The second kappa shape index (κ2) is 8.70. The van der Waals surface area contributed by atoms with E-state index >= 15 is 0 Å². The Morgan fingerprint density at radius 3 is 1.90 bits per heavy atom. The number of hydrogen-bond donors (Lipinski definition) is 0. The van der Waals surface area contributed by atoms with Crippen LogP contribution in [-0.2, 0) is 0 Å². The smallest absolute Gasteiger partial charge is 0.264 e. The lowest BCUT2D eigenvalue weighted by Gasteiger charge is -2.14. The van der Waals surface area contributed by atoms with Crippen LogP contribution in [-0.4, -0.2) is 9.13 Å². The fourth-order valence-electron chi connectivity index (χ4n) is 3.72. The maximum Gasteiger partial charge on any atom is 0.338 e. The van der Waals surface area contributed by atoms with E-state index in [1.165, 1.54) is 0 Å². The van der Waals surface area contributed by atoms with Crippen LogP contribution >= 0.6 is 31.9 Å². The van der Waals surface area contributed by atoms with Crippen LogP contribution in [0.4, 0.5) is 5.69 Å². The Labute approximate surface area is 197 Å². The molecule has 0 spiro atoms. The van der Waals surface area contributed by atoms with Gasteiger partial charge in [-0.2, -0.15) is 0 Å². The van der Waals surface area contributed by atoms with E-state index in [0.717, 1.165) is 37.3 Å². The van der Waals surface area contributed by atoms with E-state index in [4.69, 9.17) is 6.57 Å². The molecule has 0 bridgehead atoms. The summed E-state index contributed by atoms with van der Waals surface area (Å²) in [5.41, 5.74) is 4.51. The lowest BCUT2D eigenvalue weighted by Crippen LogP contribution is -2.23. The molecule has 0 amide bonds. The molecule has 0 aliphatic carbocycles. The largest absolute Gasteiger partial charge is 0.338 e. The van der Waals surface area contributed by atoms with E-state index in [1.807, 2.05) is 66.7 Å². The zero-order valence-corrected chi connectivity index (χ0v) is 20.2. The van der Waals surface area contributed by atoms with Gasteiger partial charge in [0.25, 0.3) is 0 Å². The molecule has 0 unspecified atom stereocenters. The van der Waals surface area contributed by atoms with Crippen molar-refractivity contribution in [2.24, 2.45) is 0 Å². The van der Waals surface area contributed by atoms with E-state index in [1.54, 1.807) is 15.2 Å². The molecular weight excluding hydrogens is 518 g/mol. The molecule has 0 aliphatic heterocycles. The molecule has 4 aromatic rings. The van der Waals surface area contributed by atoms with E-state index in [-0.39, 0.29) is 11.6 Å². The molecule has 0 aliphatic rings. The van der Waals surface area contributed by atoms with Gasteiger partial charge in [0.05, 0.1) is 29.3 Å². The standard InChI is InChI=1S/C25H19Br2N3O/c1-16(2)23-24(17-5-4-6-20(15-17)28-3)30(22-13-9-19(27)10-14-22)25(31)29(23)21-11-7-18(26)8-12-21/h4-16H,1-2H3. The van der Waals surface area contributed by atoms with Crippen molar-refractivity contribution in [3.8, 4) is 22.6 Å². The van der Waals surface area contributed by atoms with E-state index in [2.05, 4.69) is 50.6 Å². The van der Waals surface area contributed by atoms with E-state index in [9.17, 15) is 4.79 Å². The maximum atomic E-state index is 13.9. The van der Waals surface area contributed by atoms with Crippen LogP contribution in [0.3, 0.4) is 0 Å². The molecule has 6 heteroatoms. The Morgan fingerprint density at radius 1 is 0.839 bits per heavy atom. The van der Waals surface area contributed by atoms with Crippen LogP contribution in [0.15, 0.2) is 86.5 Å². The number of rotatable bonds is 4. The van der Waals surface area contributed by atoms with Crippen LogP contribution < -0.4 is 5.69 Å². The van der Waals surface area contributed by atoms with Gasteiger partial charge in [-0.3, -0.25) is 9.13 Å². The monoisotopic (exact) mass is 535 g/mol. The van der Waals surface area contributed by atoms with Gasteiger partial charge in [0.2, 0.25) is 0 Å². The van der Waals surface area contributed by atoms with Gasteiger partial charge in [-0.05, 0) is 66.1 Å². The third kappa shape index (κ3) is 4.04. The van der Waals surface area contributed by atoms with Gasteiger partial charge in [-0.15, -0.1) is 0 Å². The number of hydrogen-bond acceptors (Lipinski definition) is 1. The molecule has 0 atom stereocenters. The summed E-state index contributed by atoms with van der Waals surface area (Å²) in [5, 5.41) is 0. The number of halogens is 2. The van der Waals surface area contributed by atoms with Gasteiger partial charge in [0, 0.05) is 8.95 Å². The van der Waals surface area contributed by atoms with Gasteiger partial charge >= 0.3 is 5.69 Å². The molecule has 0 N–H and O–H groups in total. The Kier molecular flexibility index (Phi) is 5.99. The molecule has 31 heavy (non-hydrogen) atoms. The van der Waals surface area contributed by atoms with Crippen LogP contribution in [0.5, 0.6) is 0 Å². The van der Waals surface area contributed by atoms with Crippen LogP contribution in [0.2, 0.25) is 0 Å². The van der Waals surface area contributed by atoms with E-state index < -0.39 is 0 Å². The Morgan fingerprint density at radius 2 is 1.39 bits per heavy atom. The minimum atomic E-state index is -0.142. The van der Waals surface area contributed by atoms with Gasteiger partial charge in [0.1, 0.15) is 0 Å². The first-order valence-corrected chi connectivity index (χ1v) is 11.4. The summed E-state index contributed by atoms with van der Waals surface area (Å²) in [4.78, 5) is 17.4. The molecule has 0 radical (unpaired) electrons. The van der Waals surface area contributed by atoms with Crippen molar-refractivity contribution in [1.29, 1.82) is 0 Å². The zero-order chi connectivity index (χ0) is 22.1. The average molecular weight is 537 g/mol. The predicted octanol–water partition coefficient (Wildman–Crippen LogP) is 7.49. The molecular formula is C25H19Br2N3O. The van der Waals surface area contributed by atoms with Crippen molar-refractivity contribution < 1.29 is 0 Å². The van der Waals surface area contributed by atoms with Gasteiger partial charge in [0.15, 0.2) is 5.69 Å². The van der Waals surface area contributed by atoms with E-state index in [0.29, 0.717) is 5.69 Å². The lowest BCUT2D eigenvalue weighted by molar-refractivity contribution is 0.775. The van der Waals surface area contributed by atoms with Crippen molar-refractivity contribution in [1.82, 2.24) is 9.13 Å². The fraction of sp³-hybridized carbons (Fsp3) is 0.120. The highest BCUT2D eigenvalue weighted by atomic mass is 79.9.